The number of hydrogen-bond donors (Lipinski definition) is 0. The second-order valence-electron chi connectivity index (χ2n) is 9.03. The van der Waals surface area contributed by atoms with Gasteiger partial charge in [0.05, 0.1) is 6.61 Å². The van der Waals surface area contributed by atoms with Crippen molar-refractivity contribution in [2.45, 2.75) is 26.0 Å². The van der Waals surface area contributed by atoms with Gasteiger partial charge >= 0.3 is 0 Å². The van der Waals surface area contributed by atoms with Gasteiger partial charge in [0.2, 0.25) is 18.6 Å². The summed E-state index contributed by atoms with van der Waals surface area (Å²) in [6.45, 7) is 4.91. The molecule has 2 aliphatic rings. The summed E-state index contributed by atoms with van der Waals surface area (Å²) in [6, 6.07) is 17.7. The Morgan fingerprint density at radius 2 is 1.67 bits per heavy atom. The normalized spacial score (nSPS) is 15.2. The summed E-state index contributed by atoms with van der Waals surface area (Å²) in [5, 5.41) is 0. The van der Waals surface area contributed by atoms with Gasteiger partial charge in [0, 0.05) is 58.5 Å². The maximum atomic E-state index is 12.8. The van der Waals surface area contributed by atoms with Crippen LogP contribution in [0, 0.1) is 0 Å². The van der Waals surface area contributed by atoms with Crippen molar-refractivity contribution in [1.29, 1.82) is 0 Å². The van der Waals surface area contributed by atoms with Crippen LogP contribution in [0.2, 0.25) is 0 Å². The Labute approximate surface area is 211 Å². The number of benzene rings is 2. The number of rotatable bonds is 9. The van der Waals surface area contributed by atoms with Crippen molar-refractivity contribution in [1.82, 2.24) is 14.8 Å². The minimum Gasteiger partial charge on any atom is -0.454 e. The number of methoxy groups -OCH3 is 1. The molecule has 2 aliphatic heterocycles. The highest BCUT2D eigenvalue weighted by molar-refractivity contribution is 5.76. The Hall–Kier alpha value is -3.62. The van der Waals surface area contributed by atoms with Gasteiger partial charge in [-0.15, -0.1) is 0 Å². The third-order valence-corrected chi connectivity index (χ3v) is 6.45. The van der Waals surface area contributed by atoms with Crippen molar-refractivity contribution in [3.05, 3.63) is 77.5 Å². The summed E-state index contributed by atoms with van der Waals surface area (Å²) in [6.07, 6.45) is 2.96. The molecule has 0 radical (unpaired) electrons. The number of fused-ring (bicyclic) bond motifs is 1. The monoisotopic (exact) mass is 489 g/mol. The Morgan fingerprint density at radius 3 is 2.42 bits per heavy atom. The maximum Gasteiger partial charge on any atom is 0.231 e. The standard InChI is InChI=1S/C28H31N3O5/c1-33-19-23-5-10-27(29-17-23)36-24-7-2-21(3-8-24)6-11-28(32)31-14-12-30(13-15-31)18-22-4-9-25-26(16-22)35-20-34-25/h2-5,7-10,16-17H,6,11-15,18-20H2,1H3. The molecule has 1 aromatic heterocycles. The van der Waals surface area contributed by atoms with E-state index in [1.54, 1.807) is 13.3 Å². The highest BCUT2D eigenvalue weighted by Gasteiger charge is 2.22. The van der Waals surface area contributed by atoms with Crippen LogP contribution >= 0.6 is 0 Å². The molecule has 8 nitrogen and oxygen atoms in total. The predicted molar refractivity (Wildman–Crippen MR) is 134 cm³/mol. The lowest BCUT2D eigenvalue weighted by Gasteiger charge is -2.34. The zero-order chi connectivity index (χ0) is 24.7. The van der Waals surface area contributed by atoms with E-state index in [4.69, 9.17) is 18.9 Å². The van der Waals surface area contributed by atoms with Gasteiger partial charge in [-0.25, -0.2) is 4.98 Å². The number of pyridine rings is 1. The first-order chi connectivity index (χ1) is 17.7. The van der Waals surface area contributed by atoms with E-state index < -0.39 is 0 Å². The average Bonchev–Trinajstić information content (AvgIpc) is 3.38. The maximum absolute atomic E-state index is 12.8. The fourth-order valence-electron chi connectivity index (χ4n) is 4.43. The van der Waals surface area contributed by atoms with Gasteiger partial charge in [0.15, 0.2) is 11.5 Å². The molecular weight excluding hydrogens is 458 g/mol. The first kappa shape index (κ1) is 24.1. The second-order valence-corrected chi connectivity index (χ2v) is 9.03. The molecule has 1 fully saturated rings. The zero-order valence-electron chi connectivity index (χ0n) is 20.5. The van der Waals surface area contributed by atoms with Gasteiger partial charge in [-0.1, -0.05) is 18.2 Å². The van der Waals surface area contributed by atoms with Gasteiger partial charge < -0.3 is 23.8 Å². The number of amides is 1. The largest absolute Gasteiger partial charge is 0.454 e. The molecule has 0 unspecified atom stereocenters. The van der Waals surface area contributed by atoms with Crippen molar-refractivity contribution in [2.24, 2.45) is 0 Å². The minimum atomic E-state index is 0.207. The number of carbonyl (C=O) groups is 1. The molecule has 188 valence electrons. The Bertz CT molecular complexity index is 1160. The second kappa shape index (κ2) is 11.4. The van der Waals surface area contributed by atoms with E-state index in [9.17, 15) is 4.79 Å². The number of hydrogen-bond acceptors (Lipinski definition) is 7. The molecule has 0 spiro atoms. The molecule has 1 saturated heterocycles. The van der Waals surface area contributed by atoms with E-state index in [1.165, 1.54) is 5.56 Å². The van der Waals surface area contributed by atoms with Gasteiger partial charge in [0.25, 0.3) is 0 Å². The van der Waals surface area contributed by atoms with Crippen LogP contribution in [0.3, 0.4) is 0 Å². The third-order valence-electron chi connectivity index (χ3n) is 6.45. The summed E-state index contributed by atoms with van der Waals surface area (Å²) in [7, 11) is 1.66. The molecule has 36 heavy (non-hydrogen) atoms. The first-order valence-electron chi connectivity index (χ1n) is 12.3. The molecule has 3 aromatic rings. The van der Waals surface area contributed by atoms with Crippen molar-refractivity contribution in [3.8, 4) is 23.1 Å². The van der Waals surface area contributed by atoms with Crippen LogP contribution < -0.4 is 14.2 Å². The van der Waals surface area contributed by atoms with Crippen molar-refractivity contribution < 1.29 is 23.7 Å². The smallest absolute Gasteiger partial charge is 0.231 e. The topological polar surface area (TPSA) is 73.4 Å². The summed E-state index contributed by atoms with van der Waals surface area (Å²) >= 11 is 0. The van der Waals surface area contributed by atoms with Crippen LogP contribution in [0.15, 0.2) is 60.8 Å². The number of aromatic nitrogens is 1. The average molecular weight is 490 g/mol. The van der Waals surface area contributed by atoms with E-state index in [0.717, 1.165) is 61.1 Å². The summed E-state index contributed by atoms with van der Waals surface area (Å²) in [5.74, 6) is 3.08. The Balaban J connectivity index is 1.04. The summed E-state index contributed by atoms with van der Waals surface area (Å²) in [5.41, 5.74) is 3.31. The van der Waals surface area contributed by atoms with E-state index in [2.05, 4.69) is 16.0 Å². The molecule has 5 rings (SSSR count). The van der Waals surface area contributed by atoms with E-state index in [-0.39, 0.29) is 5.91 Å². The van der Waals surface area contributed by atoms with E-state index in [0.29, 0.717) is 32.1 Å². The van der Waals surface area contributed by atoms with Gasteiger partial charge in [0.1, 0.15) is 5.75 Å². The summed E-state index contributed by atoms with van der Waals surface area (Å²) < 4.78 is 21.8. The van der Waals surface area contributed by atoms with Crippen LogP contribution in [-0.4, -0.2) is 60.8 Å². The number of carbonyl (C=O) groups excluding carboxylic acids is 1. The van der Waals surface area contributed by atoms with E-state index in [1.807, 2.05) is 53.4 Å². The molecule has 0 saturated carbocycles. The van der Waals surface area contributed by atoms with Crippen molar-refractivity contribution >= 4 is 5.91 Å². The van der Waals surface area contributed by atoms with Crippen molar-refractivity contribution in [2.75, 3.05) is 40.1 Å². The number of nitrogens with zero attached hydrogens (tertiary/aromatic N) is 3. The lowest BCUT2D eigenvalue weighted by atomic mass is 10.1. The number of aryl methyl sites for hydroxylation is 1. The quantitative estimate of drug-likeness (QED) is 0.449. The van der Waals surface area contributed by atoms with Gasteiger partial charge in [-0.2, -0.15) is 0 Å². The molecule has 1 amide bonds. The number of piperazine rings is 1. The third kappa shape index (κ3) is 6.13. The van der Waals surface area contributed by atoms with Crippen LogP contribution in [0.1, 0.15) is 23.1 Å². The molecule has 0 aliphatic carbocycles. The Morgan fingerprint density at radius 1 is 0.917 bits per heavy atom. The minimum absolute atomic E-state index is 0.207. The molecule has 3 heterocycles. The van der Waals surface area contributed by atoms with Crippen molar-refractivity contribution in [3.63, 3.8) is 0 Å². The molecule has 0 N–H and O–H groups in total. The van der Waals surface area contributed by atoms with Gasteiger partial charge in [-0.3, -0.25) is 9.69 Å². The number of ether oxygens (including phenoxy) is 4. The fourth-order valence-corrected chi connectivity index (χ4v) is 4.43. The Kier molecular flexibility index (Phi) is 7.64. The molecule has 8 heteroatoms. The predicted octanol–water partition coefficient (Wildman–Crippen LogP) is 4.03. The lowest BCUT2D eigenvalue weighted by molar-refractivity contribution is -0.133. The zero-order valence-corrected chi connectivity index (χ0v) is 20.5. The molecule has 2 aromatic carbocycles. The molecular formula is C28H31N3O5. The summed E-state index contributed by atoms with van der Waals surface area (Å²) in [4.78, 5) is 21.4. The fraction of sp³-hybridized carbons (Fsp3) is 0.357. The molecule has 0 bridgehead atoms. The SMILES string of the molecule is COCc1ccc(Oc2ccc(CCC(=O)N3CCN(Cc4ccc5c(c4)OCO5)CC3)cc2)nc1. The van der Waals surface area contributed by atoms with Crippen LogP contribution in [-0.2, 0) is 29.1 Å². The highest BCUT2D eigenvalue weighted by Crippen LogP contribution is 2.33. The lowest BCUT2D eigenvalue weighted by Crippen LogP contribution is -2.48. The highest BCUT2D eigenvalue weighted by atomic mass is 16.7. The van der Waals surface area contributed by atoms with E-state index >= 15 is 0 Å². The van der Waals surface area contributed by atoms with Crippen LogP contribution in [0.5, 0.6) is 23.1 Å². The molecule has 0 atom stereocenters. The van der Waals surface area contributed by atoms with Gasteiger partial charge in [-0.05, 0) is 53.4 Å². The first-order valence-corrected chi connectivity index (χ1v) is 12.3. The van der Waals surface area contributed by atoms with Crippen LogP contribution in [0.25, 0.3) is 0 Å². The van der Waals surface area contributed by atoms with Crippen LogP contribution in [0.4, 0.5) is 0 Å².